The van der Waals surface area contributed by atoms with Crippen molar-refractivity contribution in [1.29, 1.82) is 0 Å². The molecule has 0 radical (unpaired) electrons. The van der Waals surface area contributed by atoms with Gasteiger partial charge in [0, 0.05) is 6.54 Å². The first-order valence-electron chi connectivity index (χ1n) is 7.47. The van der Waals surface area contributed by atoms with Crippen LogP contribution in [0.4, 0.5) is 4.79 Å². The highest BCUT2D eigenvalue weighted by Crippen LogP contribution is 2.40. The zero-order valence-electron chi connectivity index (χ0n) is 13.1. The number of carbonyl (C=O) groups excluding carboxylic acids is 1. The fourth-order valence-electron chi connectivity index (χ4n) is 2.88. The third kappa shape index (κ3) is 4.39. The summed E-state index contributed by atoms with van der Waals surface area (Å²) in [6.45, 7) is 8.19. The molecule has 2 amide bonds. The number of hydrogen-bond acceptors (Lipinski definition) is 2. The van der Waals surface area contributed by atoms with Crippen molar-refractivity contribution in [3.05, 3.63) is 0 Å². The molecule has 0 unspecified atom stereocenters. The molecule has 0 aromatic rings. The number of rotatable bonds is 5. The van der Waals surface area contributed by atoms with E-state index in [-0.39, 0.29) is 11.4 Å². The van der Waals surface area contributed by atoms with Gasteiger partial charge >= 0.3 is 12.0 Å². The Balaban J connectivity index is 2.52. The van der Waals surface area contributed by atoms with Crippen molar-refractivity contribution in [2.75, 3.05) is 6.54 Å². The van der Waals surface area contributed by atoms with Gasteiger partial charge in [-0.2, -0.15) is 0 Å². The third-order valence-electron chi connectivity index (χ3n) is 4.43. The molecule has 0 aromatic carbocycles. The van der Waals surface area contributed by atoms with Crippen LogP contribution in [0.5, 0.6) is 0 Å². The topological polar surface area (TPSA) is 78.4 Å². The Morgan fingerprint density at radius 1 is 1.25 bits per heavy atom. The normalized spacial score (nSPS) is 19.4. The van der Waals surface area contributed by atoms with Crippen molar-refractivity contribution in [1.82, 2.24) is 10.6 Å². The van der Waals surface area contributed by atoms with Crippen molar-refractivity contribution in [2.45, 2.75) is 65.8 Å². The maximum absolute atomic E-state index is 11.9. The average Bonchev–Trinajstić information content (AvgIpc) is 2.81. The molecule has 1 rings (SSSR count). The fourth-order valence-corrected chi connectivity index (χ4v) is 2.88. The molecule has 0 aliphatic heterocycles. The molecule has 1 aliphatic rings. The second kappa shape index (κ2) is 6.46. The summed E-state index contributed by atoms with van der Waals surface area (Å²) in [5.74, 6) is -1.00. The predicted octanol–water partition coefficient (Wildman–Crippen LogP) is 2.76. The van der Waals surface area contributed by atoms with Gasteiger partial charge in [0.2, 0.25) is 0 Å². The lowest BCUT2D eigenvalue weighted by atomic mass is 9.83. The molecule has 0 saturated heterocycles. The van der Waals surface area contributed by atoms with Crippen molar-refractivity contribution >= 4 is 12.0 Å². The van der Waals surface area contributed by atoms with E-state index in [9.17, 15) is 14.7 Å². The Morgan fingerprint density at radius 2 is 1.80 bits per heavy atom. The van der Waals surface area contributed by atoms with Gasteiger partial charge in [0.15, 0.2) is 0 Å². The molecule has 3 N–H and O–H groups in total. The predicted molar refractivity (Wildman–Crippen MR) is 78.6 cm³/mol. The Hall–Kier alpha value is -1.26. The molecule has 1 saturated carbocycles. The van der Waals surface area contributed by atoms with Crippen LogP contribution < -0.4 is 10.6 Å². The minimum absolute atomic E-state index is 0.206. The van der Waals surface area contributed by atoms with Crippen LogP contribution in [0.25, 0.3) is 0 Å². The van der Waals surface area contributed by atoms with Gasteiger partial charge in [0.25, 0.3) is 0 Å². The molecular weight excluding hydrogens is 256 g/mol. The third-order valence-corrected chi connectivity index (χ3v) is 4.43. The van der Waals surface area contributed by atoms with Crippen LogP contribution in [-0.2, 0) is 4.79 Å². The summed E-state index contributed by atoms with van der Waals surface area (Å²) in [6, 6.07) is -1.27. The first kappa shape index (κ1) is 16.8. The van der Waals surface area contributed by atoms with Crippen LogP contribution >= 0.6 is 0 Å². The van der Waals surface area contributed by atoms with Crippen LogP contribution in [0.15, 0.2) is 0 Å². The maximum atomic E-state index is 11.9. The van der Waals surface area contributed by atoms with Crippen molar-refractivity contribution < 1.29 is 14.7 Å². The first-order chi connectivity index (χ1) is 9.20. The van der Waals surface area contributed by atoms with E-state index in [1.165, 1.54) is 12.8 Å². The summed E-state index contributed by atoms with van der Waals surface area (Å²) in [5, 5.41) is 14.6. The summed E-state index contributed by atoms with van der Waals surface area (Å²) in [6.07, 6.45) is 5.78. The number of carboxylic acid groups (broad SMARTS) is 1. The van der Waals surface area contributed by atoms with E-state index >= 15 is 0 Å². The molecule has 5 nitrogen and oxygen atoms in total. The first-order valence-corrected chi connectivity index (χ1v) is 7.47. The maximum Gasteiger partial charge on any atom is 0.326 e. The van der Waals surface area contributed by atoms with Crippen LogP contribution in [0.3, 0.4) is 0 Å². The van der Waals surface area contributed by atoms with E-state index in [1.54, 1.807) is 20.8 Å². The van der Waals surface area contributed by atoms with Gasteiger partial charge in [-0.15, -0.1) is 0 Å². The molecule has 0 spiro atoms. The van der Waals surface area contributed by atoms with Gasteiger partial charge in [0.1, 0.15) is 6.04 Å². The summed E-state index contributed by atoms with van der Waals surface area (Å²) >= 11 is 0. The highest BCUT2D eigenvalue weighted by Gasteiger charge is 2.35. The monoisotopic (exact) mass is 284 g/mol. The quantitative estimate of drug-likeness (QED) is 0.726. The fraction of sp³-hybridized carbons (Fsp3) is 0.867. The lowest BCUT2D eigenvalue weighted by Crippen LogP contribution is -2.53. The molecule has 1 atom stereocenters. The van der Waals surface area contributed by atoms with E-state index in [4.69, 9.17) is 0 Å². The van der Waals surface area contributed by atoms with Crippen LogP contribution in [0, 0.1) is 10.8 Å². The van der Waals surface area contributed by atoms with E-state index in [1.807, 2.05) is 0 Å². The van der Waals surface area contributed by atoms with Crippen molar-refractivity contribution in [2.24, 2.45) is 10.8 Å². The Labute approximate surface area is 121 Å². The number of nitrogens with one attached hydrogen (secondary N) is 2. The Kier molecular flexibility index (Phi) is 5.42. The van der Waals surface area contributed by atoms with E-state index < -0.39 is 17.4 Å². The second-order valence-electron chi connectivity index (χ2n) is 7.02. The van der Waals surface area contributed by atoms with Crippen molar-refractivity contribution in [3.8, 4) is 0 Å². The molecule has 5 heteroatoms. The lowest BCUT2D eigenvalue weighted by molar-refractivity contribution is -0.141. The molecular formula is C15H28N2O3. The largest absolute Gasteiger partial charge is 0.480 e. The zero-order valence-corrected chi connectivity index (χ0v) is 13.1. The number of carbonyl (C=O) groups is 2. The molecule has 0 bridgehead atoms. The highest BCUT2D eigenvalue weighted by molar-refractivity contribution is 5.83. The zero-order chi connectivity index (χ0) is 15.4. The molecule has 0 heterocycles. The van der Waals surface area contributed by atoms with E-state index in [0.29, 0.717) is 6.54 Å². The number of amides is 2. The molecule has 1 fully saturated rings. The van der Waals surface area contributed by atoms with Gasteiger partial charge in [0.05, 0.1) is 0 Å². The number of urea groups is 1. The highest BCUT2D eigenvalue weighted by atomic mass is 16.4. The Bertz CT molecular complexity index is 355. The average molecular weight is 284 g/mol. The standard InChI is InChI=1S/C15H28N2O3/c1-5-15(8-6-7-9-15)10-16-13(20)17-11(12(18)19)14(2,3)4/h11H,5-10H2,1-4H3,(H,18,19)(H2,16,17,20)/t11-/m1/s1. The second-order valence-corrected chi connectivity index (χ2v) is 7.02. The SMILES string of the molecule is CCC1(CNC(=O)N[C@H](C(=O)O)C(C)(C)C)CCCC1. The number of carboxylic acids is 1. The number of hydrogen-bond donors (Lipinski definition) is 3. The Morgan fingerprint density at radius 3 is 2.20 bits per heavy atom. The summed E-state index contributed by atoms with van der Waals surface area (Å²) in [7, 11) is 0. The number of aliphatic carboxylic acids is 1. The van der Waals surface area contributed by atoms with Crippen LogP contribution in [0.1, 0.15) is 59.8 Å². The van der Waals surface area contributed by atoms with Gasteiger partial charge in [-0.05, 0) is 30.1 Å². The summed E-state index contributed by atoms with van der Waals surface area (Å²) in [5.41, 5.74) is -0.309. The van der Waals surface area contributed by atoms with Gasteiger partial charge < -0.3 is 15.7 Å². The molecule has 20 heavy (non-hydrogen) atoms. The molecule has 0 aromatic heterocycles. The van der Waals surface area contributed by atoms with Gasteiger partial charge in [-0.3, -0.25) is 0 Å². The minimum Gasteiger partial charge on any atom is -0.480 e. The van der Waals surface area contributed by atoms with E-state index in [0.717, 1.165) is 19.3 Å². The smallest absolute Gasteiger partial charge is 0.326 e. The van der Waals surface area contributed by atoms with Crippen LogP contribution in [-0.4, -0.2) is 29.7 Å². The summed E-state index contributed by atoms with van der Waals surface area (Å²) in [4.78, 5) is 23.2. The molecule has 116 valence electrons. The van der Waals surface area contributed by atoms with Crippen LogP contribution in [0.2, 0.25) is 0 Å². The van der Waals surface area contributed by atoms with Crippen molar-refractivity contribution in [3.63, 3.8) is 0 Å². The minimum atomic E-state index is -1.00. The van der Waals surface area contributed by atoms with Gasteiger partial charge in [-0.1, -0.05) is 40.5 Å². The lowest BCUT2D eigenvalue weighted by Gasteiger charge is -2.30. The van der Waals surface area contributed by atoms with E-state index in [2.05, 4.69) is 17.6 Å². The van der Waals surface area contributed by atoms with Gasteiger partial charge in [-0.25, -0.2) is 9.59 Å². The molecule has 1 aliphatic carbocycles. The summed E-state index contributed by atoms with van der Waals surface area (Å²) < 4.78 is 0.